The second-order valence-corrected chi connectivity index (χ2v) is 6.63. The van der Waals surface area contributed by atoms with Gasteiger partial charge in [-0.2, -0.15) is 0 Å². The van der Waals surface area contributed by atoms with Crippen LogP contribution < -0.4 is 0 Å². The van der Waals surface area contributed by atoms with Gasteiger partial charge in [-0.3, -0.25) is 10.1 Å². The van der Waals surface area contributed by atoms with Crippen molar-refractivity contribution in [1.29, 1.82) is 0 Å². The number of aliphatic hydroxyl groups excluding tert-OH is 1. The summed E-state index contributed by atoms with van der Waals surface area (Å²) in [6.07, 6.45) is 0.264. The second kappa shape index (κ2) is 5.35. The minimum atomic E-state index is -4.11. The molecule has 6 nitrogen and oxygen atoms in total. The van der Waals surface area contributed by atoms with Crippen molar-refractivity contribution in [3.05, 3.63) is 46.0 Å². The molecule has 0 fully saturated rings. The van der Waals surface area contributed by atoms with Crippen molar-refractivity contribution < 1.29 is 18.4 Å². The van der Waals surface area contributed by atoms with Gasteiger partial charge in [0.2, 0.25) is 0 Å². The third kappa shape index (κ3) is 2.60. The lowest BCUT2D eigenvalue weighted by Gasteiger charge is -2.09. The molecule has 2 aromatic carbocycles. The molecule has 0 unspecified atom stereocenters. The summed E-state index contributed by atoms with van der Waals surface area (Å²) in [4.78, 5) is 10.1. The largest absolute Gasteiger partial charge is 0.396 e. The molecule has 0 radical (unpaired) electrons. The minimum Gasteiger partial charge on any atom is -0.396 e. The van der Waals surface area contributed by atoms with E-state index in [4.69, 9.17) is 15.8 Å². The third-order valence-electron chi connectivity index (χ3n) is 2.91. The van der Waals surface area contributed by atoms with Crippen molar-refractivity contribution >= 4 is 36.2 Å². The summed E-state index contributed by atoms with van der Waals surface area (Å²) < 4.78 is 23.2. The molecular weight excluding hydrogens is 306 g/mol. The van der Waals surface area contributed by atoms with Crippen LogP contribution >= 0.6 is 10.7 Å². The molecule has 0 saturated carbocycles. The lowest BCUT2D eigenvalue weighted by molar-refractivity contribution is -0.383. The summed E-state index contributed by atoms with van der Waals surface area (Å²) in [5.41, 5.74) is 0.289. The van der Waals surface area contributed by atoms with Gasteiger partial charge in [0, 0.05) is 23.4 Å². The fraction of sp³-hybridized carbons (Fsp3) is 0.167. The molecular formula is C12H10ClNO5S. The van der Waals surface area contributed by atoms with Crippen LogP contribution in [0.5, 0.6) is 0 Å². The smallest absolute Gasteiger partial charge is 0.278 e. The van der Waals surface area contributed by atoms with Crippen molar-refractivity contribution in [2.45, 2.75) is 11.3 Å². The topological polar surface area (TPSA) is 97.5 Å². The summed E-state index contributed by atoms with van der Waals surface area (Å²) in [6.45, 7) is -0.148. The molecule has 8 heteroatoms. The fourth-order valence-corrected chi connectivity index (χ4v) is 3.18. The highest BCUT2D eigenvalue weighted by atomic mass is 35.7. The normalized spacial score (nSPS) is 11.7. The van der Waals surface area contributed by atoms with Crippen molar-refractivity contribution in [2.75, 3.05) is 6.61 Å². The van der Waals surface area contributed by atoms with Gasteiger partial charge in [-0.15, -0.1) is 0 Å². The zero-order chi connectivity index (χ0) is 14.9. The number of hydrogen-bond donors (Lipinski definition) is 1. The van der Waals surface area contributed by atoms with E-state index in [1.807, 2.05) is 0 Å². The van der Waals surface area contributed by atoms with E-state index in [0.717, 1.165) is 0 Å². The lowest BCUT2D eigenvalue weighted by Crippen LogP contribution is -2.00. The van der Waals surface area contributed by atoms with Gasteiger partial charge >= 0.3 is 0 Å². The summed E-state index contributed by atoms with van der Waals surface area (Å²) >= 11 is 0. The molecule has 1 N–H and O–H groups in total. The molecule has 106 valence electrons. The van der Waals surface area contributed by atoms with E-state index >= 15 is 0 Å². The maximum atomic E-state index is 11.6. The Balaban J connectivity index is 2.97. The highest BCUT2D eigenvalue weighted by Gasteiger charge is 2.23. The maximum absolute atomic E-state index is 11.6. The summed E-state index contributed by atoms with van der Waals surface area (Å²) in [7, 11) is 1.23. The molecule has 2 aromatic rings. The molecule has 0 aromatic heterocycles. The van der Waals surface area contributed by atoms with Crippen LogP contribution in [0.2, 0.25) is 0 Å². The van der Waals surface area contributed by atoms with Crippen LogP contribution in [-0.2, 0) is 15.5 Å². The number of benzene rings is 2. The van der Waals surface area contributed by atoms with E-state index in [1.54, 1.807) is 6.07 Å². The molecule has 0 amide bonds. The Hall–Kier alpha value is -1.70. The maximum Gasteiger partial charge on any atom is 0.278 e. The van der Waals surface area contributed by atoms with Gasteiger partial charge in [0.15, 0.2) is 0 Å². The summed E-state index contributed by atoms with van der Waals surface area (Å²) in [5, 5.41) is 20.5. The Morgan fingerprint density at radius 3 is 2.50 bits per heavy atom. The zero-order valence-corrected chi connectivity index (χ0v) is 11.7. The Labute approximate surface area is 119 Å². The summed E-state index contributed by atoms with van der Waals surface area (Å²) in [6, 6.07) is 6.97. The van der Waals surface area contributed by atoms with Crippen molar-refractivity contribution in [3.63, 3.8) is 0 Å². The highest BCUT2D eigenvalue weighted by Crippen LogP contribution is 2.35. The van der Waals surface area contributed by atoms with E-state index in [0.29, 0.717) is 10.9 Å². The van der Waals surface area contributed by atoms with Gasteiger partial charge < -0.3 is 5.11 Å². The molecule has 0 heterocycles. The predicted molar refractivity (Wildman–Crippen MR) is 74.4 cm³/mol. The first-order valence-corrected chi connectivity index (χ1v) is 7.91. The Morgan fingerprint density at radius 2 is 1.95 bits per heavy atom. The van der Waals surface area contributed by atoms with Crippen LogP contribution in [0.4, 0.5) is 5.69 Å². The van der Waals surface area contributed by atoms with Gasteiger partial charge in [0.05, 0.1) is 15.2 Å². The first-order chi connectivity index (χ1) is 9.36. The van der Waals surface area contributed by atoms with Crippen LogP contribution in [0.1, 0.15) is 5.56 Å². The van der Waals surface area contributed by atoms with Crippen LogP contribution in [0, 0.1) is 10.1 Å². The van der Waals surface area contributed by atoms with Gasteiger partial charge in [0.25, 0.3) is 14.7 Å². The third-order valence-corrected chi connectivity index (χ3v) is 4.28. The van der Waals surface area contributed by atoms with E-state index in [1.165, 1.54) is 24.3 Å². The average Bonchev–Trinajstić information content (AvgIpc) is 2.37. The number of aliphatic hydroxyl groups is 1. The number of fused-ring (bicyclic) bond motifs is 1. The van der Waals surface area contributed by atoms with Crippen molar-refractivity contribution in [2.24, 2.45) is 0 Å². The SMILES string of the molecule is O=[N+]([O-])c1cccc2c(CCO)ccc(S(=O)(=O)Cl)c12. The molecule has 20 heavy (non-hydrogen) atoms. The minimum absolute atomic E-state index is 0.0292. The Kier molecular flexibility index (Phi) is 3.94. The molecule has 0 aliphatic heterocycles. The van der Waals surface area contributed by atoms with Gasteiger partial charge in [-0.05, 0) is 23.4 Å². The Morgan fingerprint density at radius 1 is 1.25 bits per heavy atom. The average molecular weight is 316 g/mol. The summed E-state index contributed by atoms with van der Waals surface area (Å²) in [5.74, 6) is 0. The monoisotopic (exact) mass is 315 g/mol. The standard InChI is InChI=1S/C12H10ClNO5S/c13-20(18,19)11-5-4-8(6-7-15)9-2-1-3-10(12(9)11)14(16)17/h1-5,15H,6-7H2. The number of halogens is 1. The van der Waals surface area contributed by atoms with E-state index in [2.05, 4.69) is 0 Å². The molecule has 0 spiro atoms. The number of rotatable bonds is 4. The lowest BCUT2D eigenvalue weighted by atomic mass is 10.0. The first-order valence-electron chi connectivity index (χ1n) is 5.60. The van der Waals surface area contributed by atoms with Crippen LogP contribution in [-0.4, -0.2) is 25.1 Å². The quantitative estimate of drug-likeness (QED) is 0.530. The molecule has 0 aliphatic rings. The number of hydrogen-bond acceptors (Lipinski definition) is 5. The number of nitrogens with zero attached hydrogens (tertiary/aromatic N) is 1. The Bertz CT molecular complexity index is 788. The van der Waals surface area contributed by atoms with Gasteiger partial charge in [0.1, 0.15) is 0 Å². The van der Waals surface area contributed by atoms with Crippen molar-refractivity contribution in [1.82, 2.24) is 0 Å². The van der Waals surface area contributed by atoms with E-state index in [9.17, 15) is 18.5 Å². The second-order valence-electron chi connectivity index (χ2n) is 4.09. The fourth-order valence-electron chi connectivity index (χ4n) is 2.11. The molecule has 0 bridgehead atoms. The van der Waals surface area contributed by atoms with Crippen LogP contribution in [0.25, 0.3) is 10.8 Å². The predicted octanol–water partition coefficient (Wildman–Crippen LogP) is 2.21. The van der Waals surface area contributed by atoms with Gasteiger partial charge in [-0.25, -0.2) is 8.42 Å². The van der Waals surface area contributed by atoms with Crippen molar-refractivity contribution in [3.8, 4) is 0 Å². The number of non-ortho nitro benzene ring substituents is 1. The van der Waals surface area contributed by atoms with E-state index < -0.39 is 14.0 Å². The van der Waals surface area contributed by atoms with Crippen LogP contribution in [0.3, 0.4) is 0 Å². The number of nitro benzene ring substituents is 1. The van der Waals surface area contributed by atoms with Gasteiger partial charge in [-0.1, -0.05) is 18.2 Å². The first kappa shape index (κ1) is 14.7. The zero-order valence-electron chi connectivity index (χ0n) is 10.1. The van der Waals surface area contributed by atoms with Crippen LogP contribution in [0.15, 0.2) is 35.2 Å². The highest BCUT2D eigenvalue weighted by molar-refractivity contribution is 8.14. The molecule has 0 atom stereocenters. The molecule has 2 rings (SSSR count). The molecule has 0 saturated heterocycles. The number of nitro groups is 1. The molecule has 0 aliphatic carbocycles. The van der Waals surface area contributed by atoms with E-state index in [-0.39, 0.29) is 29.0 Å².